The Bertz CT molecular complexity index is 436. The van der Waals surface area contributed by atoms with Gasteiger partial charge in [-0.15, -0.1) is 0 Å². The number of nitrogens with zero attached hydrogens (tertiary/aromatic N) is 2. The van der Waals surface area contributed by atoms with Crippen molar-refractivity contribution < 1.29 is 4.74 Å². The van der Waals surface area contributed by atoms with Gasteiger partial charge in [0.15, 0.2) is 0 Å². The topological polar surface area (TPSA) is 15.7 Å². The summed E-state index contributed by atoms with van der Waals surface area (Å²) in [6.07, 6.45) is 1.24. The van der Waals surface area contributed by atoms with E-state index in [9.17, 15) is 0 Å². The van der Waals surface area contributed by atoms with E-state index in [0.29, 0.717) is 11.1 Å². The highest BCUT2D eigenvalue weighted by molar-refractivity contribution is 6.32. The zero-order chi connectivity index (χ0) is 14.5. The molecule has 3 nitrogen and oxygen atoms in total. The standard InChI is InChI=1S/C16H25ClN2O/c1-13(2)19-8-4-7-18(9-10-19)12-14-5-6-16(20-3)15(17)11-14/h5-6,11,13H,4,7-10,12H2,1-3H3. The van der Waals surface area contributed by atoms with Crippen LogP contribution >= 0.6 is 11.6 Å². The SMILES string of the molecule is COc1ccc(CN2CCCN(C(C)C)CC2)cc1Cl. The van der Waals surface area contributed by atoms with Crippen molar-refractivity contribution in [3.8, 4) is 5.75 Å². The lowest BCUT2D eigenvalue weighted by Crippen LogP contribution is -2.34. The van der Waals surface area contributed by atoms with Gasteiger partial charge in [0.1, 0.15) is 5.75 Å². The zero-order valence-corrected chi connectivity index (χ0v) is 13.5. The zero-order valence-electron chi connectivity index (χ0n) is 12.7. The molecule has 0 spiro atoms. The van der Waals surface area contributed by atoms with E-state index in [2.05, 4.69) is 29.7 Å². The fourth-order valence-electron chi connectivity index (χ4n) is 2.73. The molecular formula is C16H25ClN2O. The predicted molar refractivity (Wildman–Crippen MR) is 84.6 cm³/mol. The van der Waals surface area contributed by atoms with E-state index in [1.807, 2.05) is 12.1 Å². The van der Waals surface area contributed by atoms with Gasteiger partial charge in [-0.05, 0) is 51.1 Å². The van der Waals surface area contributed by atoms with E-state index in [1.54, 1.807) is 7.11 Å². The minimum atomic E-state index is 0.644. The Kier molecular flexibility index (Phi) is 5.70. The first kappa shape index (κ1) is 15.6. The fraction of sp³-hybridized carbons (Fsp3) is 0.625. The van der Waals surface area contributed by atoms with Crippen LogP contribution in [-0.2, 0) is 6.54 Å². The predicted octanol–water partition coefficient (Wildman–Crippen LogP) is 3.26. The van der Waals surface area contributed by atoms with Gasteiger partial charge in [0.05, 0.1) is 12.1 Å². The van der Waals surface area contributed by atoms with Crippen LogP contribution in [0, 0.1) is 0 Å². The maximum absolute atomic E-state index is 6.19. The monoisotopic (exact) mass is 296 g/mol. The lowest BCUT2D eigenvalue weighted by Gasteiger charge is -2.25. The molecule has 0 radical (unpaired) electrons. The largest absolute Gasteiger partial charge is 0.495 e. The quantitative estimate of drug-likeness (QED) is 0.848. The number of benzene rings is 1. The van der Waals surface area contributed by atoms with Crippen molar-refractivity contribution in [1.29, 1.82) is 0 Å². The molecule has 0 atom stereocenters. The number of hydrogen-bond acceptors (Lipinski definition) is 3. The van der Waals surface area contributed by atoms with Crippen LogP contribution in [0.15, 0.2) is 18.2 Å². The van der Waals surface area contributed by atoms with Crippen LogP contribution < -0.4 is 4.74 Å². The molecule has 0 amide bonds. The number of methoxy groups -OCH3 is 1. The van der Waals surface area contributed by atoms with Crippen molar-refractivity contribution in [3.63, 3.8) is 0 Å². The second kappa shape index (κ2) is 7.30. The molecule has 0 aromatic heterocycles. The number of rotatable bonds is 4. The molecule has 20 heavy (non-hydrogen) atoms. The van der Waals surface area contributed by atoms with E-state index < -0.39 is 0 Å². The summed E-state index contributed by atoms with van der Waals surface area (Å²) in [7, 11) is 1.65. The molecule has 1 aromatic rings. The first-order chi connectivity index (χ1) is 9.60. The molecule has 1 aromatic carbocycles. The summed E-state index contributed by atoms with van der Waals surface area (Å²) >= 11 is 6.19. The van der Waals surface area contributed by atoms with Gasteiger partial charge in [-0.2, -0.15) is 0 Å². The smallest absolute Gasteiger partial charge is 0.137 e. The van der Waals surface area contributed by atoms with Crippen LogP contribution in [0.3, 0.4) is 0 Å². The van der Waals surface area contributed by atoms with Crippen molar-refractivity contribution >= 4 is 11.6 Å². The van der Waals surface area contributed by atoms with Crippen molar-refractivity contribution in [2.24, 2.45) is 0 Å². The van der Waals surface area contributed by atoms with Crippen molar-refractivity contribution in [3.05, 3.63) is 28.8 Å². The summed E-state index contributed by atoms with van der Waals surface area (Å²) in [6.45, 7) is 10.2. The lowest BCUT2D eigenvalue weighted by molar-refractivity contribution is 0.218. The highest BCUT2D eigenvalue weighted by atomic mass is 35.5. The maximum Gasteiger partial charge on any atom is 0.137 e. The lowest BCUT2D eigenvalue weighted by atomic mass is 10.2. The molecule has 112 valence electrons. The Morgan fingerprint density at radius 2 is 2.00 bits per heavy atom. The summed E-state index contributed by atoms with van der Waals surface area (Å²) in [5, 5.41) is 0.698. The van der Waals surface area contributed by atoms with Gasteiger partial charge >= 0.3 is 0 Å². The molecule has 1 aliphatic rings. The Hall–Kier alpha value is -0.770. The molecule has 0 saturated carbocycles. The third-order valence-corrected chi connectivity index (χ3v) is 4.27. The summed E-state index contributed by atoms with van der Waals surface area (Å²) in [5.74, 6) is 0.747. The van der Waals surface area contributed by atoms with Gasteiger partial charge in [-0.3, -0.25) is 9.80 Å². The second-order valence-electron chi connectivity index (χ2n) is 5.73. The minimum absolute atomic E-state index is 0.644. The molecule has 2 rings (SSSR count). The van der Waals surface area contributed by atoms with E-state index >= 15 is 0 Å². The normalized spacial score (nSPS) is 18.2. The molecule has 1 fully saturated rings. The summed E-state index contributed by atoms with van der Waals surface area (Å²) in [6, 6.07) is 6.72. The van der Waals surface area contributed by atoms with Crippen LogP contribution in [0.5, 0.6) is 5.75 Å². The van der Waals surface area contributed by atoms with Crippen LogP contribution in [0.25, 0.3) is 0 Å². The van der Waals surface area contributed by atoms with Gasteiger partial charge in [-0.25, -0.2) is 0 Å². The van der Waals surface area contributed by atoms with Crippen molar-refractivity contribution in [2.75, 3.05) is 33.3 Å². The summed E-state index contributed by atoms with van der Waals surface area (Å²) in [4.78, 5) is 5.07. The van der Waals surface area contributed by atoms with Crippen molar-refractivity contribution in [2.45, 2.75) is 32.9 Å². The molecule has 1 heterocycles. The average Bonchev–Trinajstić information content (AvgIpc) is 2.65. The van der Waals surface area contributed by atoms with Crippen LogP contribution in [-0.4, -0.2) is 49.1 Å². The van der Waals surface area contributed by atoms with Crippen molar-refractivity contribution in [1.82, 2.24) is 9.80 Å². The van der Waals surface area contributed by atoms with Gasteiger partial charge in [0, 0.05) is 25.7 Å². The van der Waals surface area contributed by atoms with Crippen LogP contribution in [0.4, 0.5) is 0 Å². The molecular weight excluding hydrogens is 272 g/mol. The van der Waals surface area contributed by atoms with Gasteiger partial charge < -0.3 is 4.74 Å². The van der Waals surface area contributed by atoms with E-state index in [-0.39, 0.29) is 0 Å². The highest BCUT2D eigenvalue weighted by Gasteiger charge is 2.17. The first-order valence-electron chi connectivity index (χ1n) is 7.39. The Morgan fingerprint density at radius 3 is 2.65 bits per heavy atom. The third kappa shape index (κ3) is 4.11. The van der Waals surface area contributed by atoms with E-state index in [4.69, 9.17) is 16.3 Å². The molecule has 0 bridgehead atoms. The molecule has 0 N–H and O–H groups in total. The third-order valence-electron chi connectivity index (χ3n) is 3.98. The van der Waals surface area contributed by atoms with Gasteiger partial charge in [0.25, 0.3) is 0 Å². The molecule has 1 saturated heterocycles. The Morgan fingerprint density at radius 1 is 1.20 bits per heavy atom. The van der Waals surface area contributed by atoms with Gasteiger partial charge in [0.2, 0.25) is 0 Å². The molecule has 4 heteroatoms. The number of ether oxygens (including phenoxy) is 1. The summed E-state index contributed by atoms with van der Waals surface area (Å²) < 4.78 is 5.20. The van der Waals surface area contributed by atoms with Gasteiger partial charge in [-0.1, -0.05) is 17.7 Å². The number of hydrogen-bond donors (Lipinski definition) is 0. The number of halogens is 1. The summed E-state index contributed by atoms with van der Waals surface area (Å²) in [5.41, 5.74) is 1.26. The van der Waals surface area contributed by atoms with Crippen LogP contribution in [0.2, 0.25) is 5.02 Å². The fourth-order valence-corrected chi connectivity index (χ4v) is 3.01. The Balaban J connectivity index is 1.94. The first-order valence-corrected chi connectivity index (χ1v) is 7.76. The maximum atomic E-state index is 6.19. The Labute approximate surface area is 127 Å². The highest BCUT2D eigenvalue weighted by Crippen LogP contribution is 2.25. The molecule has 0 unspecified atom stereocenters. The van der Waals surface area contributed by atoms with E-state index in [0.717, 1.165) is 31.9 Å². The van der Waals surface area contributed by atoms with Crippen LogP contribution in [0.1, 0.15) is 25.8 Å². The average molecular weight is 297 g/mol. The van der Waals surface area contributed by atoms with E-state index in [1.165, 1.54) is 18.5 Å². The minimum Gasteiger partial charge on any atom is -0.495 e. The second-order valence-corrected chi connectivity index (χ2v) is 6.14. The molecule has 1 aliphatic heterocycles. The molecule has 0 aliphatic carbocycles.